The molecule has 0 unspecified atom stereocenters. The van der Waals surface area contributed by atoms with Gasteiger partial charge in [0.05, 0.1) is 5.75 Å². The number of sulfonamides is 1. The molecule has 0 atom stereocenters. The Morgan fingerprint density at radius 3 is 2.48 bits per heavy atom. The quantitative estimate of drug-likeness (QED) is 0.770. The lowest BCUT2D eigenvalue weighted by molar-refractivity contribution is -0.132. The van der Waals surface area contributed by atoms with Crippen LogP contribution < -0.4 is 5.32 Å². The monoisotopic (exact) mass is 317 g/mol. The van der Waals surface area contributed by atoms with Gasteiger partial charge >= 0.3 is 0 Å². The fourth-order valence-corrected chi connectivity index (χ4v) is 4.66. The smallest absolute Gasteiger partial charge is 0.222 e. The van der Waals surface area contributed by atoms with E-state index in [0.29, 0.717) is 32.0 Å². The molecule has 0 aromatic heterocycles. The van der Waals surface area contributed by atoms with Crippen LogP contribution in [-0.2, 0) is 14.8 Å². The van der Waals surface area contributed by atoms with Gasteiger partial charge in [-0.1, -0.05) is 0 Å². The molecule has 21 heavy (non-hydrogen) atoms. The maximum absolute atomic E-state index is 12.1. The van der Waals surface area contributed by atoms with E-state index >= 15 is 0 Å². The van der Waals surface area contributed by atoms with E-state index in [1.54, 1.807) is 4.31 Å². The Bertz CT molecular complexity index is 440. The molecule has 122 valence electrons. The van der Waals surface area contributed by atoms with Crippen LogP contribution in [0, 0.1) is 0 Å². The normalized spacial score (nSPS) is 21.6. The summed E-state index contributed by atoms with van der Waals surface area (Å²) in [6.45, 7) is 3.19. The van der Waals surface area contributed by atoms with E-state index in [0.717, 1.165) is 38.8 Å². The van der Waals surface area contributed by atoms with Crippen LogP contribution in [-0.4, -0.2) is 68.6 Å². The standard InChI is InChI=1S/C14H27N3O3S/c1-16(13-6-8-15-9-7-13)14(18)5-4-12-21(19,20)17-10-2-3-11-17/h13,15H,2-12H2,1H3. The van der Waals surface area contributed by atoms with Crippen LogP contribution in [0.4, 0.5) is 0 Å². The van der Waals surface area contributed by atoms with E-state index in [9.17, 15) is 13.2 Å². The summed E-state index contributed by atoms with van der Waals surface area (Å²) < 4.78 is 25.7. The number of hydrogen-bond acceptors (Lipinski definition) is 4. The molecule has 1 amide bonds. The van der Waals surface area contributed by atoms with Crippen LogP contribution in [0.5, 0.6) is 0 Å². The highest BCUT2D eigenvalue weighted by molar-refractivity contribution is 7.89. The molecule has 2 rings (SSSR count). The first-order chi connectivity index (χ1) is 10.0. The zero-order valence-electron chi connectivity index (χ0n) is 12.9. The fraction of sp³-hybridized carbons (Fsp3) is 0.929. The van der Waals surface area contributed by atoms with Crippen molar-refractivity contribution >= 4 is 15.9 Å². The molecule has 2 aliphatic heterocycles. The Morgan fingerprint density at radius 2 is 1.86 bits per heavy atom. The molecule has 2 heterocycles. The van der Waals surface area contributed by atoms with Gasteiger partial charge in [0.25, 0.3) is 0 Å². The van der Waals surface area contributed by atoms with Gasteiger partial charge in [-0.25, -0.2) is 12.7 Å². The number of nitrogens with zero attached hydrogens (tertiary/aromatic N) is 2. The topological polar surface area (TPSA) is 69.7 Å². The third-order valence-electron chi connectivity index (χ3n) is 4.50. The summed E-state index contributed by atoms with van der Waals surface area (Å²) in [6.07, 6.45) is 4.62. The van der Waals surface area contributed by atoms with Gasteiger partial charge in [-0.05, 0) is 45.2 Å². The van der Waals surface area contributed by atoms with Crippen molar-refractivity contribution < 1.29 is 13.2 Å². The van der Waals surface area contributed by atoms with Crippen LogP contribution in [0.15, 0.2) is 0 Å². The summed E-state index contributed by atoms with van der Waals surface area (Å²) in [6, 6.07) is 0.300. The van der Waals surface area contributed by atoms with Crippen LogP contribution in [0.3, 0.4) is 0 Å². The minimum atomic E-state index is -3.15. The molecule has 0 aliphatic carbocycles. The van der Waals surface area contributed by atoms with Crippen molar-refractivity contribution in [3.05, 3.63) is 0 Å². The van der Waals surface area contributed by atoms with Crippen molar-refractivity contribution in [2.45, 2.75) is 44.6 Å². The molecule has 0 bridgehead atoms. The predicted molar refractivity (Wildman–Crippen MR) is 82.5 cm³/mol. The summed E-state index contributed by atoms with van der Waals surface area (Å²) in [5.41, 5.74) is 0. The van der Waals surface area contributed by atoms with E-state index in [1.165, 1.54) is 0 Å². The molecular weight excluding hydrogens is 290 g/mol. The Kier molecular flexibility index (Phi) is 6.01. The number of rotatable bonds is 6. The summed E-state index contributed by atoms with van der Waals surface area (Å²) in [4.78, 5) is 14.0. The van der Waals surface area contributed by atoms with Gasteiger partial charge in [0.1, 0.15) is 0 Å². The van der Waals surface area contributed by atoms with Gasteiger partial charge < -0.3 is 10.2 Å². The maximum Gasteiger partial charge on any atom is 0.222 e. The van der Waals surface area contributed by atoms with Crippen molar-refractivity contribution in [2.24, 2.45) is 0 Å². The van der Waals surface area contributed by atoms with E-state index in [1.807, 2.05) is 11.9 Å². The van der Waals surface area contributed by atoms with E-state index < -0.39 is 10.0 Å². The predicted octanol–water partition coefficient (Wildman–Crippen LogP) is 0.403. The Hall–Kier alpha value is -0.660. The molecule has 0 saturated carbocycles. The van der Waals surface area contributed by atoms with E-state index in [2.05, 4.69) is 5.32 Å². The van der Waals surface area contributed by atoms with Gasteiger partial charge in [-0.2, -0.15) is 0 Å². The first kappa shape index (κ1) is 16.7. The SMILES string of the molecule is CN(C(=O)CCCS(=O)(=O)N1CCCC1)C1CCNCC1. The zero-order valence-corrected chi connectivity index (χ0v) is 13.7. The molecule has 0 aromatic rings. The van der Waals surface area contributed by atoms with Crippen molar-refractivity contribution in [2.75, 3.05) is 39.0 Å². The molecule has 0 radical (unpaired) electrons. The highest BCUT2D eigenvalue weighted by Crippen LogP contribution is 2.15. The van der Waals surface area contributed by atoms with Crippen molar-refractivity contribution in [3.8, 4) is 0 Å². The number of carbonyl (C=O) groups excluding carboxylic acids is 1. The lowest BCUT2D eigenvalue weighted by atomic mass is 10.0. The lowest BCUT2D eigenvalue weighted by Crippen LogP contribution is -2.44. The first-order valence-corrected chi connectivity index (χ1v) is 9.56. The second kappa shape index (κ2) is 7.56. The van der Waals surface area contributed by atoms with Crippen molar-refractivity contribution in [3.63, 3.8) is 0 Å². The minimum Gasteiger partial charge on any atom is -0.343 e. The fourth-order valence-electron chi connectivity index (χ4n) is 3.08. The number of amides is 1. The van der Waals surface area contributed by atoms with Gasteiger partial charge in [-0.15, -0.1) is 0 Å². The van der Waals surface area contributed by atoms with E-state index in [4.69, 9.17) is 0 Å². The summed E-state index contributed by atoms with van der Waals surface area (Å²) >= 11 is 0. The van der Waals surface area contributed by atoms with Crippen LogP contribution >= 0.6 is 0 Å². The zero-order chi connectivity index (χ0) is 15.3. The summed E-state index contributed by atoms with van der Waals surface area (Å²) in [5.74, 6) is 0.164. The molecule has 1 N–H and O–H groups in total. The van der Waals surface area contributed by atoms with Crippen LogP contribution in [0.1, 0.15) is 38.5 Å². The number of piperidine rings is 1. The molecule has 6 nitrogen and oxygen atoms in total. The number of nitrogens with one attached hydrogen (secondary N) is 1. The highest BCUT2D eigenvalue weighted by atomic mass is 32.2. The second-order valence-corrected chi connectivity index (χ2v) is 8.10. The van der Waals surface area contributed by atoms with Gasteiger partial charge in [0.15, 0.2) is 0 Å². The molecular formula is C14H27N3O3S. The van der Waals surface area contributed by atoms with Gasteiger partial charge in [0, 0.05) is 32.6 Å². The second-order valence-electron chi connectivity index (χ2n) is 6.01. The van der Waals surface area contributed by atoms with Crippen molar-refractivity contribution in [1.29, 1.82) is 0 Å². The molecule has 0 aromatic carbocycles. The largest absolute Gasteiger partial charge is 0.343 e. The maximum atomic E-state index is 12.1. The lowest BCUT2D eigenvalue weighted by Gasteiger charge is -2.31. The van der Waals surface area contributed by atoms with E-state index in [-0.39, 0.29) is 11.7 Å². The Labute approximate surface area is 127 Å². The molecule has 0 spiro atoms. The van der Waals surface area contributed by atoms with Crippen LogP contribution in [0.2, 0.25) is 0 Å². The van der Waals surface area contributed by atoms with Crippen LogP contribution in [0.25, 0.3) is 0 Å². The molecule has 7 heteroatoms. The third-order valence-corrected chi connectivity index (χ3v) is 6.46. The first-order valence-electron chi connectivity index (χ1n) is 7.95. The average molecular weight is 317 g/mol. The van der Waals surface area contributed by atoms with Crippen molar-refractivity contribution in [1.82, 2.24) is 14.5 Å². The molecule has 2 aliphatic rings. The Balaban J connectivity index is 1.73. The highest BCUT2D eigenvalue weighted by Gasteiger charge is 2.26. The molecule has 2 saturated heterocycles. The Morgan fingerprint density at radius 1 is 1.24 bits per heavy atom. The number of hydrogen-bond donors (Lipinski definition) is 1. The minimum absolute atomic E-state index is 0.0681. The third kappa shape index (κ3) is 4.66. The average Bonchev–Trinajstić information content (AvgIpc) is 3.02. The van der Waals surface area contributed by atoms with Gasteiger partial charge in [-0.3, -0.25) is 4.79 Å². The molecule has 2 fully saturated rings. The van der Waals surface area contributed by atoms with Gasteiger partial charge in [0.2, 0.25) is 15.9 Å². The summed E-state index contributed by atoms with van der Waals surface area (Å²) in [5, 5.41) is 3.28. The summed E-state index contributed by atoms with van der Waals surface area (Å²) in [7, 11) is -1.31. The number of carbonyl (C=O) groups is 1.